The summed E-state index contributed by atoms with van der Waals surface area (Å²) in [6, 6.07) is 20.6. The minimum atomic E-state index is -0.235. The van der Waals surface area contributed by atoms with Gasteiger partial charge in [0.05, 0.1) is 17.2 Å². The van der Waals surface area contributed by atoms with Crippen molar-refractivity contribution in [3.63, 3.8) is 0 Å². The fourth-order valence-corrected chi connectivity index (χ4v) is 4.54. The van der Waals surface area contributed by atoms with Crippen LogP contribution in [0.15, 0.2) is 72.9 Å². The molecule has 2 aromatic carbocycles. The number of pyridine rings is 1. The molecule has 1 atom stereocenters. The van der Waals surface area contributed by atoms with Gasteiger partial charge in [-0.1, -0.05) is 55.3 Å². The van der Waals surface area contributed by atoms with E-state index < -0.39 is 0 Å². The molecule has 0 radical (unpaired) electrons. The summed E-state index contributed by atoms with van der Waals surface area (Å²) in [5, 5.41) is 0. The predicted octanol–water partition coefficient (Wildman–Crippen LogP) is 4.44. The van der Waals surface area contributed by atoms with Crippen LogP contribution in [0, 0.1) is 0 Å². The van der Waals surface area contributed by atoms with Gasteiger partial charge in [0.2, 0.25) is 0 Å². The zero-order valence-corrected chi connectivity index (χ0v) is 20.8. The Bertz CT molecular complexity index is 1150. The van der Waals surface area contributed by atoms with Gasteiger partial charge in [-0.15, -0.1) is 0 Å². The summed E-state index contributed by atoms with van der Waals surface area (Å²) in [5.41, 5.74) is 7.91. The molecule has 0 aliphatic carbocycles. The van der Waals surface area contributed by atoms with Gasteiger partial charge >= 0.3 is 0 Å². The first-order valence-corrected chi connectivity index (χ1v) is 12.6. The lowest BCUT2D eigenvalue weighted by Gasteiger charge is -2.33. The van der Waals surface area contributed by atoms with Crippen LogP contribution in [0.5, 0.6) is 5.75 Å². The first-order valence-electron chi connectivity index (χ1n) is 12.6. The maximum Gasteiger partial charge on any atom is 0.257 e. The normalized spacial score (nSPS) is 17.6. The molecule has 2 amide bonds. The molecule has 2 N–H and O–H groups in total. The fraction of sp³-hybridized carbons (Fsp3) is 0.345. The van der Waals surface area contributed by atoms with Crippen LogP contribution in [-0.4, -0.2) is 59.4 Å². The van der Waals surface area contributed by atoms with Crippen LogP contribution in [0.25, 0.3) is 0 Å². The van der Waals surface area contributed by atoms with Crippen molar-refractivity contribution in [2.75, 3.05) is 32.5 Å². The number of carbonyl (C=O) groups is 2. The second kappa shape index (κ2) is 12.2. The van der Waals surface area contributed by atoms with Gasteiger partial charge in [0.1, 0.15) is 18.2 Å². The van der Waals surface area contributed by atoms with Crippen molar-refractivity contribution in [2.45, 2.75) is 38.1 Å². The number of nitrogens with two attached hydrogens (primary N) is 1. The lowest BCUT2D eigenvalue weighted by atomic mass is 10.0. The Morgan fingerprint density at radius 2 is 1.69 bits per heavy atom. The highest BCUT2D eigenvalue weighted by Crippen LogP contribution is 2.23. The molecule has 2 heterocycles. The minimum Gasteiger partial charge on any atom is -0.491 e. The SMILES string of the molecule is CN1CCCCCCN(C(=O)c2ccc(N)nc2)[C@@H](Cc2ccccc2)COc2ccccc2C1=O. The van der Waals surface area contributed by atoms with E-state index in [-0.39, 0.29) is 24.5 Å². The maximum atomic E-state index is 13.7. The van der Waals surface area contributed by atoms with E-state index in [1.54, 1.807) is 23.1 Å². The molecular weight excluding hydrogens is 452 g/mol. The molecule has 36 heavy (non-hydrogen) atoms. The highest BCUT2D eigenvalue weighted by Gasteiger charge is 2.27. The van der Waals surface area contributed by atoms with Gasteiger partial charge in [0, 0.05) is 26.3 Å². The van der Waals surface area contributed by atoms with Crippen LogP contribution < -0.4 is 10.5 Å². The number of nitrogens with zero attached hydrogens (tertiary/aromatic N) is 3. The molecule has 1 aromatic heterocycles. The molecule has 1 aliphatic rings. The van der Waals surface area contributed by atoms with E-state index in [1.165, 1.54) is 6.20 Å². The predicted molar refractivity (Wildman–Crippen MR) is 141 cm³/mol. The number of fused-ring (bicyclic) bond motifs is 1. The number of hydrogen-bond acceptors (Lipinski definition) is 5. The summed E-state index contributed by atoms with van der Waals surface area (Å²) < 4.78 is 6.29. The Morgan fingerprint density at radius 1 is 0.972 bits per heavy atom. The number of anilines is 1. The zero-order valence-electron chi connectivity index (χ0n) is 20.8. The van der Waals surface area contributed by atoms with Crippen molar-refractivity contribution in [1.29, 1.82) is 0 Å². The summed E-state index contributed by atoms with van der Waals surface area (Å²) in [7, 11) is 1.84. The Balaban J connectivity index is 1.68. The second-order valence-corrected chi connectivity index (χ2v) is 9.26. The van der Waals surface area contributed by atoms with E-state index in [9.17, 15) is 9.59 Å². The summed E-state index contributed by atoms with van der Waals surface area (Å²) >= 11 is 0. The zero-order chi connectivity index (χ0) is 25.3. The summed E-state index contributed by atoms with van der Waals surface area (Å²) in [6.45, 7) is 1.56. The minimum absolute atomic E-state index is 0.0526. The number of amides is 2. The molecule has 7 nitrogen and oxygen atoms in total. The molecule has 0 saturated heterocycles. The first-order chi connectivity index (χ1) is 17.5. The molecule has 4 rings (SSSR count). The number of para-hydroxylation sites is 1. The third-order valence-corrected chi connectivity index (χ3v) is 6.59. The summed E-state index contributed by atoms with van der Waals surface area (Å²) in [5.74, 6) is 0.764. The average molecular weight is 487 g/mol. The van der Waals surface area contributed by atoms with Crippen LogP contribution in [0.2, 0.25) is 0 Å². The molecule has 0 spiro atoms. The van der Waals surface area contributed by atoms with Crippen molar-refractivity contribution in [3.05, 3.63) is 89.6 Å². The maximum absolute atomic E-state index is 13.7. The number of aromatic nitrogens is 1. The van der Waals surface area contributed by atoms with Gasteiger partial charge in [0.25, 0.3) is 11.8 Å². The van der Waals surface area contributed by atoms with E-state index in [0.29, 0.717) is 42.2 Å². The quantitative estimate of drug-likeness (QED) is 0.591. The highest BCUT2D eigenvalue weighted by atomic mass is 16.5. The van der Waals surface area contributed by atoms with Crippen molar-refractivity contribution in [3.8, 4) is 5.75 Å². The number of ether oxygens (including phenoxy) is 1. The van der Waals surface area contributed by atoms with Crippen molar-refractivity contribution in [1.82, 2.24) is 14.8 Å². The summed E-state index contributed by atoms with van der Waals surface area (Å²) in [4.78, 5) is 34.6. The van der Waals surface area contributed by atoms with Crippen molar-refractivity contribution in [2.24, 2.45) is 0 Å². The first kappa shape index (κ1) is 25.2. The van der Waals surface area contributed by atoms with E-state index in [0.717, 1.165) is 31.2 Å². The van der Waals surface area contributed by atoms with Crippen molar-refractivity contribution < 1.29 is 14.3 Å². The second-order valence-electron chi connectivity index (χ2n) is 9.26. The molecule has 0 fully saturated rings. The van der Waals surface area contributed by atoms with Gasteiger partial charge in [-0.25, -0.2) is 4.98 Å². The Hall–Kier alpha value is -3.87. The number of carbonyl (C=O) groups excluding carboxylic acids is 2. The van der Waals surface area contributed by atoms with Gasteiger partial charge in [0.15, 0.2) is 0 Å². The van der Waals surface area contributed by atoms with E-state index in [1.807, 2.05) is 48.3 Å². The molecule has 0 unspecified atom stereocenters. The average Bonchev–Trinajstić information content (AvgIpc) is 2.90. The molecule has 188 valence electrons. The number of nitrogen functional groups attached to an aromatic ring is 1. The van der Waals surface area contributed by atoms with E-state index in [2.05, 4.69) is 17.1 Å². The summed E-state index contributed by atoms with van der Waals surface area (Å²) in [6.07, 6.45) is 5.91. The van der Waals surface area contributed by atoms with Gasteiger partial charge < -0.3 is 20.3 Å². The number of rotatable bonds is 3. The topological polar surface area (TPSA) is 88.8 Å². The lowest BCUT2D eigenvalue weighted by Crippen LogP contribution is -2.46. The van der Waals surface area contributed by atoms with Gasteiger partial charge in [-0.3, -0.25) is 9.59 Å². The highest BCUT2D eigenvalue weighted by molar-refractivity contribution is 5.97. The van der Waals surface area contributed by atoms with Crippen LogP contribution in [0.3, 0.4) is 0 Å². The fourth-order valence-electron chi connectivity index (χ4n) is 4.54. The third kappa shape index (κ3) is 6.42. The van der Waals surface area contributed by atoms with E-state index >= 15 is 0 Å². The number of benzene rings is 2. The third-order valence-electron chi connectivity index (χ3n) is 6.59. The standard InChI is InChI=1S/C29H34N4O3/c1-32-17-9-2-3-10-18-33(28(34)23-15-16-27(30)31-20-23)24(19-22-11-5-4-6-12-22)21-36-26-14-8-7-13-25(26)29(32)35/h4-8,11-16,20,24H,2-3,9-10,17-19,21H2,1H3,(H2,30,31)/t24-/m0/s1. The molecule has 7 heteroatoms. The van der Waals surface area contributed by atoms with Crippen LogP contribution in [0.1, 0.15) is 52.0 Å². The number of hydrogen-bond donors (Lipinski definition) is 1. The monoisotopic (exact) mass is 486 g/mol. The molecular formula is C29H34N4O3. The molecule has 1 aliphatic heterocycles. The largest absolute Gasteiger partial charge is 0.491 e. The Kier molecular flexibility index (Phi) is 8.55. The van der Waals surface area contributed by atoms with Gasteiger partial charge in [-0.2, -0.15) is 0 Å². The van der Waals surface area contributed by atoms with E-state index in [4.69, 9.17) is 10.5 Å². The lowest BCUT2D eigenvalue weighted by molar-refractivity contribution is 0.0599. The Morgan fingerprint density at radius 3 is 2.44 bits per heavy atom. The van der Waals surface area contributed by atoms with Gasteiger partial charge in [-0.05, 0) is 49.1 Å². The van der Waals surface area contributed by atoms with Crippen molar-refractivity contribution >= 4 is 17.6 Å². The smallest absolute Gasteiger partial charge is 0.257 e. The van der Waals surface area contributed by atoms with Crippen LogP contribution in [-0.2, 0) is 6.42 Å². The van der Waals surface area contributed by atoms with Crippen LogP contribution >= 0.6 is 0 Å². The molecule has 0 bridgehead atoms. The molecule has 0 saturated carbocycles. The van der Waals surface area contributed by atoms with Crippen LogP contribution in [0.4, 0.5) is 5.82 Å². The molecule has 3 aromatic rings. The Labute approximate surface area is 212 Å².